The van der Waals surface area contributed by atoms with Crippen molar-refractivity contribution in [2.75, 3.05) is 6.54 Å². The smallest absolute Gasteiger partial charge is 0.407 e. The van der Waals surface area contributed by atoms with E-state index < -0.39 is 6.09 Å². The Morgan fingerprint density at radius 1 is 1.17 bits per heavy atom. The van der Waals surface area contributed by atoms with Crippen LogP contribution in [-0.4, -0.2) is 12.6 Å². The minimum atomic E-state index is -0.441. The van der Waals surface area contributed by atoms with Gasteiger partial charge in [-0.3, -0.25) is 0 Å². The van der Waals surface area contributed by atoms with Crippen molar-refractivity contribution in [2.24, 2.45) is 0 Å². The number of hydrogen-bond donors (Lipinski definition) is 1. The van der Waals surface area contributed by atoms with Gasteiger partial charge in [-0.2, -0.15) is 0 Å². The summed E-state index contributed by atoms with van der Waals surface area (Å²) >= 11 is 6.16. The highest BCUT2D eigenvalue weighted by atomic mass is 35.5. The van der Waals surface area contributed by atoms with E-state index in [9.17, 15) is 4.79 Å². The molecule has 0 saturated heterocycles. The number of carbonyl (C=O) groups excluding carboxylic acids is 1. The van der Waals surface area contributed by atoms with Crippen LogP contribution >= 0.6 is 11.6 Å². The normalized spacial score (nSPS) is 9.65. The molecule has 0 aliphatic rings. The molecule has 0 aliphatic heterocycles. The van der Waals surface area contributed by atoms with Gasteiger partial charge in [0.2, 0.25) is 0 Å². The van der Waals surface area contributed by atoms with Crippen LogP contribution in [0, 0.1) is 18.8 Å². The van der Waals surface area contributed by atoms with E-state index in [-0.39, 0.29) is 6.61 Å². The molecule has 0 aliphatic carbocycles. The minimum Gasteiger partial charge on any atom is -0.445 e. The van der Waals surface area contributed by atoms with E-state index in [0.717, 1.165) is 16.7 Å². The van der Waals surface area contributed by atoms with Crippen molar-refractivity contribution >= 4 is 17.7 Å². The lowest BCUT2D eigenvalue weighted by molar-refractivity contribution is 0.140. The van der Waals surface area contributed by atoms with Gasteiger partial charge < -0.3 is 10.1 Å². The molecule has 0 atom stereocenters. The number of benzene rings is 2. The lowest BCUT2D eigenvalue weighted by Gasteiger charge is -2.05. The molecule has 2 aromatic carbocycles. The number of ether oxygens (including phenoxy) is 1. The fraction of sp³-hybridized carbons (Fsp3) is 0.211. The first-order valence-corrected chi connectivity index (χ1v) is 7.73. The van der Waals surface area contributed by atoms with Gasteiger partial charge in [0.05, 0.1) is 5.02 Å². The van der Waals surface area contributed by atoms with Crippen LogP contribution in [0.15, 0.2) is 48.5 Å². The maximum absolute atomic E-state index is 11.5. The van der Waals surface area contributed by atoms with Crippen molar-refractivity contribution in [1.29, 1.82) is 0 Å². The fourth-order valence-corrected chi connectivity index (χ4v) is 2.08. The Morgan fingerprint density at radius 3 is 2.74 bits per heavy atom. The average molecular weight is 328 g/mol. The second-order valence-corrected chi connectivity index (χ2v) is 5.35. The van der Waals surface area contributed by atoms with Crippen molar-refractivity contribution in [2.45, 2.75) is 20.0 Å². The topological polar surface area (TPSA) is 38.3 Å². The summed E-state index contributed by atoms with van der Waals surface area (Å²) in [6, 6.07) is 15.3. The molecule has 23 heavy (non-hydrogen) atoms. The maximum Gasteiger partial charge on any atom is 0.407 e. The zero-order valence-electron chi connectivity index (χ0n) is 12.9. The van der Waals surface area contributed by atoms with Crippen LogP contribution in [0.5, 0.6) is 0 Å². The van der Waals surface area contributed by atoms with E-state index in [1.165, 1.54) is 0 Å². The van der Waals surface area contributed by atoms with Crippen LogP contribution in [0.3, 0.4) is 0 Å². The summed E-state index contributed by atoms with van der Waals surface area (Å²) in [7, 11) is 0. The van der Waals surface area contributed by atoms with Crippen molar-refractivity contribution < 1.29 is 9.53 Å². The summed E-state index contributed by atoms with van der Waals surface area (Å²) in [5, 5.41) is 3.34. The first kappa shape index (κ1) is 16.9. The maximum atomic E-state index is 11.5. The summed E-state index contributed by atoms with van der Waals surface area (Å²) in [5.41, 5.74) is 2.76. The Kier molecular flexibility index (Phi) is 6.53. The van der Waals surface area contributed by atoms with Gasteiger partial charge in [-0.15, -0.1) is 0 Å². The minimum absolute atomic E-state index is 0.261. The molecule has 0 fully saturated rings. The summed E-state index contributed by atoms with van der Waals surface area (Å²) in [6.45, 7) is 2.64. The van der Waals surface area contributed by atoms with Crippen molar-refractivity contribution in [3.63, 3.8) is 0 Å². The van der Waals surface area contributed by atoms with Crippen LogP contribution < -0.4 is 5.32 Å². The Hall–Kier alpha value is -2.44. The second kappa shape index (κ2) is 8.87. The lowest BCUT2D eigenvalue weighted by Crippen LogP contribution is -2.24. The molecule has 0 bridgehead atoms. The Morgan fingerprint density at radius 2 is 1.96 bits per heavy atom. The van der Waals surface area contributed by atoms with Gasteiger partial charge in [0.25, 0.3) is 0 Å². The molecule has 0 radical (unpaired) electrons. The predicted octanol–water partition coefficient (Wildman–Crippen LogP) is 4.32. The summed E-state index contributed by atoms with van der Waals surface area (Å²) < 4.78 is 5.11. The van der Waals surface area contributed by atoms with E-state index in [1.807, 2.05) is 55.5 Å². The Labute approximate surface area is 141 Å². The number of halogens is 1. The summed E-state index contributed by atoms with van der Waals surface area (Å²) in [4.78, 5) is 11.5. The molecule has 0 spiro atoms. The molecule has 0 aromatic heterocycles. The molecule has 0 heterocycles. The third-order valence-electron chi connectivity index (χ3n) is 3.15. The molecular weight excluding hydrogens is 310 g/mol. The van der Waals surface area contributed by atoms with E-state index in [1.54, 1.807) is 0 Å². The highest BCUT2D eigenvalue weighted by molar-refractivity contribution is 6.32. The molecular formula is C19H18ClNO2. The van der Waals surface area contributed by atoms with E-state index in [2.05, 4.69) is 17.2 Å². The third kappa shape index (κ3) is 5.69. The highest BCUT2D eigenvalue weighted by Gasteiger charge is 2.01. The van der Waals surface area contributed by atoms with Gasteiger partial charge in [0.1, 0.15) is 6.61 Å². The molecule has 3 nitrogen and oxygen atoms in total. The largest absolute Gasteiger partial charge is 0.445 e. The predicted molar refractivity (Wildman–Crippen MR) is 92.3 cm³/mol. The van der Waals surface area contributed by atoms with Crippen LogP contribution in [0.2, 0.25) is 5.02 Å². The van der Waals surface area contributed by atoms with Gasteiger partial charge in [0, 0.05) is 18.5 Å². The van der Waals surface area contributed by atoms with Crippen LogP contribution in [0.25, 0.3) is 0 Å². The van der Waals surface area contributed by atoms with Gasteiger partial charge >= 0.3 is 6.09 Å². The zero-order valence-corrected chi connectivity index (χ0v) is 13.7. The molecule has 1 amide bonds. The third-order valence-corrected chi connectivity index (χ3v) is 3.65. The number of nitrogens with one attached hydrogen (secondary N) is 1. The zero-order chi connectivity index (χ0) is 16.5. The molecule has 1 N–H and O–H groups in total. The Bertz CT molecular complexity index is 717. The number of alkyl carbamates (subject to hydrolysis) is 1. The average Bonchev–Trinajstić information content (AvgIpc) is 2.57. The van der Waals surface area contributed by atoms with E-state index >= 15 is 0 Å². The quantitative estimate of drug-likeness (QED) is 0.671. The first-order chi connectivity index (χ1) is 11.2. The van der Waals surface area contributed by atoms with Gasteiger partial charge in [-0.05, 0) is 24.1 Å². The molecule has 4 heteroatoms. The van der Waals surface area contributed by atoms with Gasteiger partial charge in [-0.1, -0.05) is 65.9 Å². The van der Waals surface area contributed by atoms with Crippen LogP contribution in [0.4, 0.5) is 4.79 Å². The molecule has 0 unspecified atom stereocenters. The van der Waals surface area contributed by atoms with Gasteiger partial charge in [-0.25, -0.2) is 4.79 Å². The van der Waals surface area contributed by atoms with Gasteiger partial charge in [0.15, 0.2) is 0 Å². The fourth-order valence-electron chi connectivity index (χ4n) is 1.90. The molecule has 2 aromatic rings. The van der Waals surface area contributed by atoms with Crippen LogP contribution in [0.1, 0.15) is 23.1 Å². The number of rotatable bonds is 4. The molecule has 2 rings (SSSR count). The van der Waals surface area contributed by atoms with Crippen molar-refractivity contribution in [3.05, 3.63) is 70.2 Å². The van der Waals surface area contributed by atoms with Crippen molar-refractivity contribution in [3.8, 4) is 11.8 Å². The summed E-state index contributed by atoms with van der Waals surface area (Å²) in [6.07, 6.45) is 0.0919. The molecule has 0 saturated carbocycles. The van der Waals surface area contributed by atoms with Crippen LogP contribution in [-0.2, 0) is 11.3 Å². The standard InChI is InChI=1S/C19H18ClNO2/c1-15-8-7-12-17(18(15)20)11-5-6-13-21-19(22)23-14-16-9-3-2-4-10-16/h2-4,7-10,12H,6,13-14H2,1H3,(H,21,22). The number of aryl methyl sites for hydroxylation is 1. The lowest BCUT2D eigenvalue weighted by atomic mass is 10.1. The molecule has 118 valence electrons. The Balaban J connectivity index is 1.70. The van der Waals surface area contributed by atoms with E-state index in [0.29, 0.717) is 18.0 Å². The van der Waals surface area contributed by atoms with E-state index in [4.69, 9.17) is 16.3 Å². The number of carbonyl (C=O) groups is 1. The second-order valence-electron chi connectivity index (χ2n) is 4.98. The number of amides is 1. The highest BCUT2D eigenvalue weighted by Crippen LogP contribution is 2.18. The SMILES string of the molecule is Cc1cccc(C#CCCNC(=O)OCc2ccccc2)c1Cl. The summed E-state index contributed by atoms with van der Waals surface area (Å²) in [5.74, 6) is 6.01. The monoisotopic (exact) mass is 327 g/mol. The van der Waals surface area contributed by atoms with Crippen molar-refractivity contribution in [1.82, 2.24) is 5.32 Å². The number of hydrogen-bond acceptors (Lipinski definition) is 2. The first-order valence-electron chi connectivity index (χ1n) is 7.35.